The summed E-state index contributed by atoms with van der Waals surface area (Å²) in [5.74, 6) is 0.0324. The van der Waals surface area contributed by atoms with Gasteiger partial charge in [-0.25, -0.2) is 4.98 Å². The number of hydrogen-bond acceptors (Lipinski definition) is 4. The molecule has 26 heavy (non-hydrogen) atoms. The molecule has 1 aromatic carbocycles. The first-order valence-corrected chi connectivity index (χ1v) is 9.25. The molecule has 2 aromatic rings. The van der Waals surface area contributed by atoms with Crippen molar-refractivity contribution < 1.29 is 9.53 Å². The first-order chi connectivity index (χ1) is 12.7. The summed E-state index contributed by atoms with van der Waals surface area (Å²) in [5.41, 5.74) is 0.523. The molecule has 0 atom stereocenters. The van der Waals surface area contributed by atoms with Crippen LogP contribution in [0.4, 0.5) is 0 Å². The molecule has 1 amide bonds. The molecule has 140 valence electrons. The largest absolute Gasteiger partial charge is 0.383 e. The van der Waals surface area contributed by atoms with Crippen molar-refractivity contribution in [2.24, 2.45) is 0 Å². The predicted molar refractivity (Wildman–Crippen MR) is 101 cm³/mol. The lowest BCUT2D eigenvalue weighted by molar-refractivity contribution is -0.132. The summed E-state index contributed by atoms with van der Waals surface area (Å²) >= 11 is 6.29. The molecule has 6 nitrogen and oxygen atoms in total. The van der Waals surface area contributed by atoms with E-state index in [1.165, 1.54) is 0 Å². The molecule has 1 aromatic heterocycles. The predicted octanol–water partition coefficient (Wildman–Crippen LogP) is 2.29. The van der Waals surface area contributed by atoms with E-state index in [9.17, 15) is 4.79 Å². The van der Waals surface area contributed by atoms with E-state index in [1.807, 2.05) is 29.0 Å². The van der Waals surface area contributed by atoms with Gasteiger partial charge in [-0.1, -0.05) is 29.8 Å². The number of halogens is 1. The number of rotatable bonds is 7. The second-order valence-corrected chi connectivity index (χ2v) is 7.02. The fraction of sp³-hybridized carbons (Fsp3) is 0.474. The number of nitrogens with zero attached hydrogens (tertiary/aromatic N) is 3. The maximum Gasteiger partial charge on any atom is 0.246 e. The number of carbonyl (C=O) groups excluding carboxylic acids is 1. The first-order valence-electron chi connectivity index (χ1n) is 8.87. The van der Waals surface area contributed by atoms with Crippen LogP contribution < -0.4 is 5.32 Å². The monoisotopic (exact) mass is 376 g/mol. The molecule has 1 saturated heterocycles. The minimum Gasteiger partial charge on any atom is -0.383 e. The van der Waals surface area contributed by atoms with Crippen LogP contribution in [0.15, 0.2) is 43.0 Å². The number of methoxy groups -OCH3 is 1. The highest BCUT2D eigenvalue weighted by Gasteiger charge is 2.42. The van der Waals surface area contributed by atoms with Gasteiger partial charge >= 0.3 is 0 Å². The maximum atomic E-state index is 13.0. The quantitative estimate of drug-likeness (QED) is 0.753. The zero-order valence-electron chi connectivity index (χ0n) is 15.0. The molecule has 0 unspecified atom stereocenters. The van der Waals surface area contributed by atoms with Crippen molar-refractivity contribution in [3.05, 3.63) is 53.6 Å². The third-order valence-electron chi connectivity index (χ3n) is 5.05. The lowest BCUT2D eigenvalue weighted by Crippen LogP contribution is -2.55. The highest BCUT2D eigenvalue weighted by Crippen LogP contribution is 2.31. The average molecular weight is 377 g/mol. The molecule has 3 rings (SSSR count). The minimum atomic E-state index is -0.596. The van der Waals surface area contributed by atoms with E-state index in [1.54, 1.807) is 19.6 Å². The number of benzene rings is 1. The molecule has 0 bridgehead atoms. The van der Waals surface area contributed by atoms with Crippen molar-refractivity contribution in [2.45, 2.75) is 24.9 Å². The fourth-order valence-corrected chi connectivity index (χ4v) is 3.69. The molecule has 0 saturated carbocycles. The van der Waals surface area contributed by atoms with Crippen molar-refractivity contribution in [3.63, 3.8) is 0 Å². The number of piperidine rings is 1. The standard InChI is InChI=1S/C19H25ClN4O2/c1-26-13-9-22-18(25)19(24-12-8-21-15-24)6-10-23(11-7-19)14-16-4-2-3-5-17(16)20/h2-5,8,12,15H,6-7,9-11,13-14H2,1H3,(H,22,25). The minimum absolute atomic E-state index is 0.0324. The molecule has 0 aliphatic carbocycles. The van der Waals surface area contributed by atoms with E-state index < -0.39 is 5.54 Å². The number of carbonyl (C=O) groups is 1. The van der Waals surface area contributed by atoms with Gasteiger partial charge in [-0.15, -0.1) is 0 Å². The Labute approximate surface area is 159 Å². The number of nitrogens with one attached hydrogen (secondary N) is 1. The molecule has 0 radical (unpaired) electrons. The Morgan fingerprint density at radius 2 is 2.12 bits per heavy atom. The smallest absolute Gasteiger partial charge is 0.246 e. The molecular weight excluding hydrogens is 352 g/mol. The Balaban J connectivity index is 1.69. The molecular formula is C19H25ClN4O2. The van der Waals surface area contributed by atoms with Crippen molar-refractivity contribution in [2.75, 3.05) is 33.4 Å². The Bertz CT molecular complexity index is 712. The number of ether oxygens (including phenoxy) is 1. The lowest BCUT2D eigenvalue weighted by Gasteiger charge is -2.41. The first kappa shape index (κ1) is 18.9. The van der Waals surface area contributed by atoms with Crippen molar-refractivity contribution in [3.8, 4) is 0 Å². The highest BCUT2D eigenvalue weighted by molar-refractivity contribution is 6.31. The third-order valence-corrected chi connectivity index (χ3v) is 5.42. The second-order valence-electron chi connectivity index (χ2n) is 6.62. The van der Waals surface area contributed by atoms with Crippen molar-refractivity contribution in [1.82, 2.24) is 19.8 Å². The van der Waals surface area contributed by atoms with Crippen LogP contribution in [0.25, 0.3) is 0 Å². The third kappa shape index (κ3) is 4.09. The van der Waals surface area contributed by atoms with Gasteiger partial charge in [0.25, 0.3) is 0 Å². The maximum absolute atomic E-state index is 13.0. The van der Waals surface area contributed by atoms with Crippen LogP contribution >= 0.6 is 11.6 Å². The van der Waals surface area contributed by atoms with Gasteiger partial charge in [0.15, 0.2) is 0 Å². The highest BCUT2D eigenvalue weighted by atomic mass is 35.5. The van der Waals surface area contributed by atoms with E-state index in [-0.39, 0.29) is 5.91 Å². The Kier molecular flexibility index (Phi) is 6.29. The van der Waals surface area contributed by atoms with E-state index >= 15 is 0 Å². The van der Waals surface area contributed by atoms with Gasteiger partial charge < -0.3 is 14.6 Å². The van der Waals surface area contributed by atoms with E-state index in [2.05, 4.69) is 21.3 Å². The van der Waals surface area contributed by atoms with Gasteiger partial charge in [0.2, 0.25) is 5.91 Å². The van der Waals surface area contributed by atoms with Crippen LogP contribution in [0, 0.1) is 0 Å². The number of likely N-dealkylation sites (tertiary alicyclic amines) is 1. The molecule has 2 heterocycles. The summed E-state index contributed by atoms with van der Waals surface area (Å²) in [4.78, 5) is 19.5. The van der Waals surface area contributed by atoms with Gasteiger partial charge in [-0.05, 0) is 24.5 Å². The van der Waals surface area contributed by atoms with Crippen LogP contribution in [-0.2, 0) is 21.6 Å². The summed E-state index contributed by atoms with van der Waals surface area (Å²) in [6.07, 6.45) is 6.79. The fourth-order valence-electron chi connectivity index (χ4n) is 3.49. The van der Waals surface area contributed by atoms with Crippen LogP contribution in [0.3, 0.4) is 0 Å². The van der Waals surface area contributed by atoms with Gasteiger partial charge in [-0.3, -0.25) is 9.69 Å². The van der Waals surface area contributed by atoms with Crippen molar-refractivity contribution >= 4 is 17.5 Å². The molecule has 0 spiro atoms. The van der Waals surface area contributed by atoms with Crippen LogP contribution in [0.5, 0.6) is 0 Å². The summed E-state index contributed by atoms with van der Waals surface area (Å²) < 4.78 is 6.99. The lowest BCUT2D eigenvalue weighted by atomic mass is 9.85. The van der Waals surface area contributed by atoms with Crippen LogP contribution in [0.1, 0.15) is 18.4 Å². The molecule has 1 aliphatic heterocycles. The average Bonchev–Trinajstić information content (AvgIpc) is 3.20. The van der Waals surface area contributed by atoms with Gasteiger partial charge in [0.1, 0.15) is 5.54 Å². The van der Waals surface area contributed by atoms with Crippen LogP contribution in [-0.4, -0.2) is 53.7 Å². The van der Waals surface area contributed by atoms with Gasteiger partial charge in [0.05, 0.1) is 12.9 Å². The summed E-state index contributed by atoms with van der Waals surface area (Å²) in [5, 5.41) is 3.79. The van der Waals surface area contributed by atoms with E-state index in [0.29, 0.717) is 13.2 Å². The SMILES string of the molecule is COCCNC(=O)C1(n2ccnc2)CCN(Cc2ccccc2Cl)CC1. The zero-order valence-corrected chi connectivity index (χ0v) is 15.8. The van der Waals surface area contributed by atoms with Crippen molar-refractivity contribution in [1.29, 1.82) is 0 Å². The zero-order chi connectivity index (χ0) is 18.4. The Morgan fingerprint density at radius 3 is 2.77 bits per heavy atom. The molecule has 7 heteroatoms. The van der Waals surface area contributed by atoms with Gasteiger partial charge in [0, 0.05) is 50.7 Å². The normalized spacial score (nSPS) is 17.2. The number of hydrogen-bond donors (Lipinski definition) is 1. The Hall–Kier alpha value is -1.89. The molecule has 1 aliphatic rings. The number of amides is 1. The molecule has 1 fully saturated rings. The topological polar surface area (TPSA) is 59.4 Å². The second kappa shape index (κ2) is 8.66. The van der Waals surface area contributed by atoms with E-state index in [0.717, 1.165) is 43.1 Å². The van der Waals surface area contributed by atoms with Crippen LogP contribution in [0.2, 0.25) is 5.02 Å². The van der Waals surface area contributed by atoms with E-state index in [4.69, 9.17) is 16.3 Å². The van der Waals surface area contributed by atoms with Gasteiger partial charge in [-0.2, -0.15) is 0 Å². The molecule has 1 N–H and O–H groups in total. The summed E-state index contributed by atoms with van der Waals surface area (Å²) in [6, 6.07) is 7.91. The number of imidazole rings is 1. The summed E-state index contributed by atoms with van der Waals surface area (Å²) in [6.45, 7) is 3.45. The Morgan fingerprint density at radius 1 is 1.35 bits per heavy atom. The summed E-state index contributed by atoms with van der Waals surface area (Å²) in [7, 11) is 1.63. The number of aromatic nitrogens is 2.